The van der Waals surface area contributed by atoms with E-state index in [2.05, 4.69) is 17.6 Å². The summed E-state index contributed by atoms with van der Waals surface area (Å²) >= 11 is 0. The van der Waals surface area contributed by atoms with E-state index in [1.807, 2.05) is 0 Å². The summed E-state index contributed by atoms with van der Waals surface area (Å²) in [7, 11) is 1.62. The summed E-state index contributed by atoms with van der Waals surface area (Å²) in [5.74, 6) is -0.136. The lowest BCUT2D eigenvalue weighted by Gasteiger charge is -2.34. The SMILES string of the molecule is COCCN1CC(C(=O)NCC2(C)CCNCC2)CC1=O. The molecule has 0 radical (unpaired) electrons. The Balaban J connectivity index is 1.77. The van der Waals surface area contributed by atoms with E-state index in [1.54, 1.807) is 12.0 Å². The van der Waals surface area contributed by atoms with Crippen molar-refractivity contribution in [1.29, 1.82) is 0 Å². The summed E-state index contributed by atoms with van der Waals surface area (Å²) in [6.45, 7) is 6.56. The van der Waals surface area contributed by atoms with Crippen LogP contribution in [0, 0.1) is 11.3 Å². The Morgan fingerprint density at radius 1 is 1.48 bits per heavy atom. The van der Waals surface area contributed by atoms with Gasteiger partial charge in [-0.25, -0.2) is 0 Å². The van der Waals surface area contributed by atoms with E-state index in [4.69, 9.17) is 4.74 Å². The van der Waals surface area contributed by atoms with Gasteiger partial charge in [0, 0.05) is 33.2 Å². The van der Waals surface area contributed by atoms with Gasteiger partial charge in [0.15, 0.2) is 0 Å². The average Bonchev–Trinajstić information content (AvgIpc) is 2.85. The van der Waals surface area contributed by atoms with Gasteiger partial charge in [-0.1, -0.05) is 6.92 Å². The van der Waals surface area contributed by atoms with Crippen LogP contribution in [-0.4, -0.2) is 63.2 Å². The smallest absolute Gasteiger partial charge is 0.225 e. The number of hydrogen-bond acceptors (Lipinski definition) is 4. The molecular weight excluding hydrogens is 270 g/mol. The number of methoxy groups -OCH3 is 1. The highest BCUT2D eigenvalue weighted by atomic mass is 16.5. The minimum atomic E-state index is -0.209. The standard InChI is InChI=1S/C15H27N3O3/c1-15(3-5-16-6-4-15)11-17-14(20)12-9-13(19)18(10-12)7-8-21-2/h12,16H,3-11H2,1-2H3,(H,17,20). The Labute approximate surface area is 126 Å². The second-order valence-electron chi connectivity index (χ2n) is 6.51. The lowest BCUT2D eigenvalue weighted by molar-refractivity contribution is -0.129. The first kappa shape index (κ1) is 16.2. The zero-order valence-corrected chi connectivity index (χ0v) is 13.1. The number of hydrogen-bond donors (Lipinski definition) is 2. The topological polar surface area (TPSA) is 70.7 Å². The second-order valence-corrected chi connectivity index (χ2v) is 6.51. The van der Waals surface area contributed by atoms with Crippen LogP contribution in [0.5, 0.6) is 0 Å². The van der Waals surface area contributed by atoms with Crippen molar-refractivity contribution < 1.29 is 14.3 Å². The summed E-state index contributed by atoms with van der Waals surface area (Å²) < 4.78 is 4.99. The predicted molar refractivity (Wildman–Crippen MR) is 79.8 cm³/mol. The van der Waals surface area contributed by atoms with Gasteiger partial charge in [0.25, 0.3) is 0 Å². The third kappa shape index (κ3) is 4.41. The van der Waals surface area contributed by atoms with Crippen molar-refractivity contribution in [2.45, 2.75) is 26.2 Å². The van der Waals surface area contributed by atoms with Crippen molar-refractivity contribution in [1.82, 2.24) is 15.5 Å². The van der Waals surface area contributed by atoms with E-state index < -0.39 is 0 Å². The molecule has 1 unspecified atom stereocenters. The molecule has 0 aromatic rings. The van der Waals surface area contributed by atoms with Crippen LogP contribution < -0.4 is 10.6 Å². The number of amides is 2. The highest BCUT2D eigenvalue weighted by Crippen LogP contribution is 2.27. The van der Waals surface area contributed by atoms with Crippen LogP contribution in [0.4, 0.5) is 0 Å². The summed E-state index contributed by atoms with van der Waals surface area (Å²) in [6, 6.07) is 0. The molecule has 2 fully saturated rings. The number of ether oxygens (including phenoxy) is 1. The molecule has 2 saturated heterocycles. The molecule has 0 bridgehead atoms. The molecule has 2 aliphatic heterocycles. The molecule has 2 heterocycles. The second kappa shape index (κ2) is 7.22. The highest BCUT2D eigenvalue weighted by molar-refractivity contribution is 5.89. The van der Waals surface area contributed by atoms with Gasteiger partial charge in [-0.2, -0.15) is 0 Å². The molecule has 0 aromatic heterocycles. The Kier molecular flexibility index (Phi) is 5.58. The monoisotopic (exact) mass is 297 g/mol. The zero-order chi connectivity index (χ0) is 15.3. The Morgan fingerprint density at radius 2 is 2.19 bits per heavy atom. The molecule has 1 atom stereocenters. The van der Waals surface area contributed by atoms with Gasteiger partial charge < -0.3 is 20.3 Å². The van der Waals surface area contributed by atoms with E-state index in [0.29, 0.717) is 32.7 Å². The van der Waals surface area contributed by atoms with Gasteiger partial charge >= 0.3 is 0 Å². The third-order valence-corrected chi connectivity index (χ3v) is 4.65. The van der Waals surface area contributed by atoms with Crippen LogP contribution in [0.25, 0.3) is 0 Å². The molecule has 0 saturated carbocycles. The lowest BCUT2D eigenvalue weighted by atomic mass is 9.81. The first-order chi connectivity index (χ1) is 10.0. The third-order valence-electron chi connectivity index (χ3n) is 4.65. The van der Waals surface area contributed by atoms with E-state index >= 15 is 0 Å². The van der Waals surface area contributed by atoms with E-state index in [-0.39, 0.29) is 23.1 Å². The van der Waals surface area contributed by atoms with Crippen LogP contribution >= 0.6 is 0 Å². The van der Waals surface area contributed by atoms with Gasteiger partial charge in [-0.3, -0.25) is 9.59 Å². The molecular formula is C15H27N3O3. The summed E-state index contributed by atoms with van der Waals surface area (Å²) in [5.41, 5.74) is 0.180. The fourth-order valence-corrected chi connectivity index (χ4v) is 3.02. The van der Waals surface area contributed by atoms with Crippen molar-refractivity contribution in [3.8, 4) is 0 Å². The minimum Gasteiger partial charge on any atom is -0.383 e. The minimum absolute atomic E-state index is 0.0167. The molecule has 0 aliphatic carbocycles. The molecule has 2 N–H and O–H groups in total. The van der Waals surface area contributed by atoms with Crippen LogP contribution in [-0.2, 0) is 14.3 Å². The summed E-state index contributed by atoms with van der Waals surface area (Å²) in [4.78, 5) is 25.8. The number of piperidine rings is 1. The average molecular weight is 297 g/mol. The molecule has 0 spiro atoms. The van der Waals surface area contributed by atoms with Crippen molar-refractivity contribution in [2.75, 3.05) is 46.4 Å². The summed E-state index contributed by atoms with van der Waals surface area (Å²) in [5, 5.41) is 6.39. The van der Waals surface area contributed by atoms with E-state index in [0.717, 1.165) is 25.9 Å². The van der Waals surface area contributed by atoms with Crippen LogP contribution in [0.2, 0.25) is 0 Å². The number of nitrogens with zero attached hydrogens (tertiary/aromatic N) is 1. The number of carbonyl (C=O) groups is 2. The fourth-order valence-electron chi connectivity index (χ4n) is 3.02. The maximum atomic E-state index is 12.3. The van der Waals surface area contributed by atoms with Gasteiger partial charge in [0.1, 0.15) is 0 Å². The fraction of sp³-hybridized carbons (Fsp3) is 0.867. The largest absolute Gasteiger partial charge is 0.383 e. The first-order valence-corrected chi connectivity index (χ1v) is 7.79. The first-order valence-electron chi connectivity index (χ1n) is 7.79. The zero-order valence-electron chi connectivity index (χ0n) is 13.1. The molecule has 6 heteroatoms. The molecule has 0 aromatic carbocycles. The van der Waals surface area contributed by atoms with Crippen molar-refractivity contribution >= 4 is 11.8 Å². The molecule has 120 valence electrons. The number of likely N-dealkylation sites (tertiary alicyclic amines) is 1. The van der Waals surface area contributed by atoms with Crippen LogP contribution in [0.3, 0.4) is 0 Å². The molecule has 2 rings (SSSR count). The van der Waals surface area contributed by atoms with Crippen molar-refractivity contribution in [3.05, 3.63) is 0 Å². The Hall–Kier alpha value is -1.14. The predicted octanol–water partition coefficient (Wildman–Crippen LogP) is -0.0128. The van der Waals surface area contributed by atoms with Crippen LogP contribution in [0.1, 0.15) is 26.2 Å². The number of nitrogens with one attached hydrogen (secondary N) is 2. The molecule has 2 amide bonds. The Morgan fingerprint density at radius 3 is 2.86 bits per heavy atom. The number of carbonyl (C=O) groups excluding carboxylic acids is 2. The number of rotatable bonds is 6. The van der Waals surface area contributed by atoms with E-state index in [1.165, 1.54) is 0 Å². The van der Waals surface area contributed by atoms with Gasteiger partial charge in [0.05, 0.1) is 12.5 Å². The maximum Gasteiger partial charge on any atom is 0.225 e. The van der Waals surface area contributed by atoms with Gasteiger partial charge in [-0.05, 0) is 31.3 Å². The molecule has 6 nitrogen and oxygen atoms in total. The van der Waals surface area contributed by atoms with Gasteiger partial charge in [-0.15, -0.1) is 0 Å². The van der Waals surface area contributed by atoms with Crippen molar-refractivity contribution in [3.63, 3.8) is 0 Å². The summed E-state index contributed by atoms with van der Waals surface area (Å²) in [6.07, 6.45) is 2.49. The van der Waals surface area contributed by atoms with Crippen molar-refractivity contribution in [2.24, 2.45) is 11.3 Å². The van der Waals surface area contributed by atoms with E-state index in [9.17, 15) is 9.59 Å². The molecule has 2 aliphatic rings. The van der Waals surface area contributed by atoms with Crippen LogP contribution in [0.15, 0.2) is 0 Å². The maximum absolute atomic E-state index is 12.3. The highest BCUT2D eigenvalue weighted by Gasteiger charge is 2.35. The quantitative estimate of drug-likeness (QED) is 0.723. The normalized spacial score (nSPS) is 25.1. The lowest BCUT2D eigenvalue weighted by Crippen LogP contribution is -2.44. The van der Waals surface area contributed by atoms with Gasteiger partial charge in [0.2, 0.25) is 11.8 Å². The molecule has 21 heavy (non-hydrogen) atoms. The Bertz CT molecular complexity index is 380.